The molecule has 4 nitrogen and oxygen atoms in total. The number of nitrogens with one attached hydrogen (secondary N) is 1. The molecule has 0 aliphatic rings. The van der Waals surface area contributed by atoms with E-state index in [2.05, 4.69) is 51.9 Å². The molecule has 0 saturated heterocycles. The van der Waals surface area contributed by atoms with E-state index in [1.54, 1.807) is 0 Å². The zero-order valence-corrected chi connectivity index (χ0v) is 12.9. The lowest BCUT2D eigenvalue weighted by atomic mass is 9.98. The van der Waals surface area contributed by atoms with E-state index < -0.39 is 0 Å². The third kappa shape index (κ3) is 2.54. The summed E-state index contributed by atoms with van der Waals surface area (Å²) in [5, 5.41) is 9.00. The monoisotopic (exact) mass is 280 g/mol. The number of nitrogens with zero attached hydrogens (tertiary/aromatic N) is 3. The Balaban J connectivity index is 2.08. The van der Waals surface area contributed by atoms with Gasteiger partial charge in [-0.25, -0.2) is 0 Å². The van der Waals surface area contributed by atoms with Crippen LogP contribution in [0.4, 0.5) is 0 Å². The van der Waals surface area contributed by atoms with Gasteiger partial charge in [0.05, 0.1) is 17.3 Å². The van der Waals surface area contributed by atoms with E-state index >= 15 is 0 Å². The standard InChI is InChI=1S/C17H20N4/c1-11-5-6-13-9-14(7-8-16(13)19-11)17(18-3)15-10-21(4)20-12(15)2/h5-10,17-18H,1-4H3. The topological polar surface area (TPSA) is 42.7 Å². The average molecular weight is 280 g/mol. The predicted octanol–water partition coefficient (Wildman–Crippen LogP) is 2.89. The van der Waals surface area contributed by atoms with Gasteiger partial charge in [0.15, 0.2) is 0 Å². The Bertz CT molecular complexity index is 789. The van der Waals surface area contributed by atoms with E-state index in [9.17, 15) is 0 Å². The van der Waals surface area contributed by atoms with Gasteiger partial charge in [-0.2, -0.15) is 5.10 Å². The van der Waals surface area contributed by atoms with Crippen LogP contribution in [-0.4, -0.2) is 21.8 Å². The number of fused-ring (bicyclic) bond motifs is 1. The zero-order valence-electron chi connectivity index (χ0n) is 12.9. The lowest BCUT2D eigenvalue weighted by molar-refractivity contribution is 0.687. The Kier molecular flexibility index (Phi) is 3.47. The van der Waals surface area contributed by atoms with Crippen molar-refractivity contribution in [2.75, 3.05) is 7.05 Å². The summed E-state index contributed by atoms with van der Waals surface area (Å²) in [6, 6.07) is 10.8. The largest absolute Gasteiger partial charge is 0.309 e. The molecule has 4 heteroatoms. The van der Waals surface area contributed by atoms with E-state index in [-0.39, 0.29) is 6.04 Å². The molecular formula is C17H20N4. The van der Waals surface area contributed by atoms with E-state index in [0.717, 1.165) is 16.9 Å². The zero-order chi connectivity index (χ0) is 15.0. The molecular weight excluding hydrogens is 260 g/mol. The summed E-state index contributed by atoms with van der Waals surface area (Å²) < 4.78 is 1.86. The minimum atomic E-state index is 0.143. The van der Waals surface area contributed by atoms with Crippen molar-refractivity contribution in [1.82, 2.24) is 20.1 Å². The molecule has 2 aromatic heterocycles. The summed E-state index contributed by atoms with van der Waals surface area (Å²) in [6.45, 7) is 4.06. The van der Waals surface area contributed by atoms with Gasteiger partial charge in [-0.1, -0.05) is 12.1 Å². The molecule has 0 amide bonds. The number of aryl methyl sites for hydroxylation is 3. The molecule has 108 valence electrons. The molecule has 2 heterocycles. The van der Waals surface area contributed by atoms with Crippen LogP contribution in [0.1, 0.15) is 28.6 Å². The van der Waals surface area contributed by atoms with Gasteiger partial charge in [-0.05, 0) is 44.7 Å². The molecule has 1 atom stereocenters. The first-order valence-electron chi connectivity index (χ1n) is 7.13. The van der Waals surface area contributed by atoms with Crippen molar-refractivity contribution in [1.29, 1.82) is 0 Å². The Morgan fingerprint density at radius 1 is 1.14 bits per heavy atom. The minimum absolute atomic E-state index is 0.143. The lowest BCUT2D eigenvalue weighted by Gasteiger charge is -2.16. The van der Waals surface area contributed by atoms with Crippen LogP contribution in [0.5, 0.6) is 0 Å². The van der Waals surface area contributed by atoms with Gasteiger partial charge in [-0.15, -0.1) is 0 Å². The summed E-state index contributed by atoms with van der Waals surface area (Å²) in [6.07, 6.45) is 2.08. The second-order valence-electron chi connectivity index (χ2n) is 5.47. The van der Waals surface area contributed by atoms with Crippen molar-refractivity contribution < 1.29 is 0 Å². The van der Waals surface area contributed by atoms with Crippen molar-refractivity contribution in [3.8, 4) is 0 Å². The van der Waals surface area contributed by atoms with Crippen LogP contribution in [0.15, 0.2) is 36.5 Å². The maximum Gasteiger partial charge on any atom is 0.0705 e. The average Bonchev–Trinajstić information content (AvgIpc) is 2.79. The molecule has 0 spiro atoms. The molecule has 0 fully saturated rings. The lowest BCUT2D eigenvalue weighted by Crippen LogP contribution is -2.18. The highest BCUT2D eigenvalue weighted by molar-refractivity contribution is 5.79. The third-order valence-electron chi connectivity index (χ3n) is 3.84. The van der Waals surface area contributed by atoms with Crippen LogP contribution >= 0.6 is 0 Å². The number of rotatable bonds is 3. The second-order valence-corrected chi connectivity index (χ2v) is 5.47. The first-order chi connectivity index (χ1) is 10.1. The van der Waals surface area contributed by atoms with Crippen molar-refractivity contribution >= 4 is 10.9 Å². The first kappa shape index (κ1) is 13.8. The summed E-state index contributed by atoms with van der Waals surface area (Å²) in [7, 11) is 3.94. The van der Waals surface area contributed by atoms with Crippen LogP contribution in [-0.2, 0) is 7.05 Å². The number of aromatic nitrogens is 3. The van der Waals surface area contributed by atoms with Gasteiger partial charge < -0.3 is 5.32 Å². The fraction of sp³-hybridized carbons (Fsp3) is 0.294. The molecule has 0 aliphatic carbocycles. The van der Waals surface area contributed by atoms with Crippen LogP contribution in [0.3, 0.4) is 0 Å². The van der Waals surface area contributed by atoms with Crippen molar-refractivity contribution in [3.63, 3.8) is 0 Å². The molecule has 1 N–H and O–H groups in total. The van der Waals surface area contributed by atoms with Gasteiger partial charge in [0.1, 0.15) is 0 Å². The van der Waals surface area contributed by atoms with Crippen molar-refractivity contribution in [2.45, 2.75) is 19.9 Å². The number of hydrogen-bond donors (Lipinski definition) is 1. The van der Waals surface area contributed by atoms with Gasteiger partial charge in [0, 0.05) is 29.9 Å². The molecule has 0 bridgehead atoms. The summed E-state index contributed by atoms with van der Waals surface area (Å²) in [5.74, 6) is 0. The summed E-state index contributed by atoms with van der Waals surface area (Å²) in [4.78, 5) is 4.56. The summed E-state index contributed by atoms with van der Waals surface area (Å²) >= 11 is 0. The van der Waals surface area contributed by atoms with Crippen LogP contribution in [0.2, 0.25) is 0 Å². The maximum atomic E-state index is 4.56. The van der Waals surface area contributed by atoms with Gasteiger partial charge in [0.25, 0.3) is 0 Å². The highest BCUT2D eigenvalue weighted by Gasteiger charge is 2.17. The molecule has 3 rings (SSSR count). The summed E-state index contributed by atoms with van der Waals surface area (Å²) in [5.41, 5.74) is 5.57. The van der Waals surface area contributed by atoms with E-state index in [4.69, 9.17) is 0 Å². The highest BCUT2D eigenvalue weighted by atomic mass is 15.3. The number of benzene rings is 1. The SMILES string of the molecule is CNC(c1ccc2nc(C)ccc2c1)c1cn(C)nc1C. The van der Waals surface area contributed by atoms with Crippen LogP contribution in [0, 0.1) is 13.8 Å². The van der Waals surface area contributed by atoms with Gasteiger partial charge in [0.2, 0.25) is 0 Å². The first-order valence-corrected chi connectivity index (χ1v) is 7.13. The quantitative estimate of drug-likeness (QED) is 0.802. The fourth-order valence-electron chi connectivity index (χ4n) is 2.83. The fourth-order valence-corrected chi connectivity index (χ4v) is 2.83. The molecule has 1 aromatic carbocycles. The van der Waals surface area contributed by atoms with Crippen LogP contribution < -0.4 is 5.32 Å². The van der Waals surface area contributed by atoms with Crippen molar-refractivity contribution in [2.24, 2.45) is 7.05 Å². The maximum absolute atomic E-state index is 4.56. The predicted molar refractivity (Wildman–Crippen MR) is 85.3 cm³/mol. The molecule has 1 unspecified atom stereocenters. The molecule has 0 radical (unpaired) electrons. The molecule has 21 heavy (non-hydrogen) atoms. The van der Waals surface area contributed by atoms with E-state index in [1.165, 1.54) is 16.5 Å². The molecule has 0 saturated carbocycles. The second kappa shape index (κ2) is 5.30. The third-order valence-corrected chi connectivity index (χ3v) is 3.84. The highest BCUT2D eigenvalue weighted by Crippen LogP contribution is 2.26. The Hall–Kier alpha value is -2.20. The van der Waals surface area contributed by atoms with E-state index in [0.29, 0.717) is 0 Å². The van der Waals surface area contributed by atoms with Crippen molar-refractivity contribution in [3.05, 3.63) is 59.0 Å². The molecule has 0 aliphatic heterocycles. The number of hydrogen-bond acceptors (Lipinski definition) is 3. The van der Waals surface area contributed by atoms with E-state index in [1.807, 2.05) is 32.6 Å². The minimum Gasteiger partial charge on any atom is -0.309 e. The molecule has 3 aromatic rings. The Labute approximate surface area is 124 Å². The van der Waals surface area contributed by atoms with Gasteiger partial charge >= 0.3 is 0 Å². The van der Waals surface area contributed by atoms with Crippen LogP contribution in [0.25, 0.3) is 10.9 Å². The Morgan fingerprint density at radius 2 is 1.95 bits per heavy atom. The Morgan fingerprint density at radius 3 is 2.62 bits per heavy atom. The normalized spacial score (nSPS) is 12.8. The van der Waals surface area contributed by atoms with Gasteiger partial charge in [-0.3, -0.25) is 9.67 Å². The number of pyridine rings is 1. The smallest absolute Gasteiger partial charge is 0.0705 e.